The van der Waals surface area contributed by atoms with Gasteiger partial charge in [0.2, 0.25) is 0 Å². The van der Waals surface area contributed by atoms with E-state index in [4.69, 9.17) is 0 Å². The molecular formula is C16H21N3OS. The van der Waals surface area contributed by atoms with Gasteiger partial charge in [0.05, 0.1) is 11.6 Å². The third kappa shape index (κ3) is 3.61. The Morgan fingerprint density at radius 2 is 2.24 bits per heavy atom. The van der Waals surface area contributed by atoms with Crippen LogP contribution in [0.4, 0.5) is 5.82 Å². The first-order chi connectivity index (χ1) is 10.1. The first-order valence-corrected chi connectivity index (χ1v) is 8.02. The van der Waals surface area contributed by atoms with Crippen molar-refractivity contribution in [3.63, 3.8) is 0 Å². The zero-order valence-corrected chi connectivity index (χ0v) is 13.5. The van der Waals surface area contributed by atoms with Gasteiger partial charge in [0.25, 0.3) is 5.91 Å². The Balaban J connectivity index is 2.19. The minimum Gasteiger partial charge on any atom is -0.369 e. The largest absolute Gasteiger partial charge is 0.369 e. The minimum absolute atomic E-state index is 0.0115. The Morgan fingerprint density at radius 1 is 1.43 bits per heavy atom. The van der Waals surface area contributed by atoms with Gasteiger partial charge in [-0.2, -0.15) is 0 Å². The molecule has 1 N–H and O–H groups in total. The second kappa shape index (κ2) is 7.22. The van der Waals surface area contributed by atoms with E-state index in [1.54, 1.807) is 28.5 Å². The van der Waals surface area contributed by atoms with E-state index in [1.165, 1.54) is 4.88 Å². The minimum atomic E-state index is -0.0115. The zero-order chi connectivity index (χ0) is 15.2. The van der Waals surface area contributed by atoms with E-state index in [0.29, 0.717) is 11.4 Å². The fourth-order valence-corrected chi connectivity index (χ4v) is 2.87. The van der Waals surface area contributed by atoms with E-state index in [0.717, 1.165) is 13.0 Å². The SMILES string of the molecule is CCCNc1ncccc1C(=O)N(C)C(C)c1cccs1. The van der Waals surface area contributed by atoms with Crippen molar-refractivity contribution >= 4 is 23.1 Å². The molecule has 1 unspecified atom stereocenters. The number of hydrogen-bond acceptors (Lipinski definition) is 4. The number of anilines is 1. The van der Waals surface area contributed by atoms with Crippen molar-refractivity contribution in [3.05, 3.63) is 46.3 Å². The molecule has 0 bridgehead atoms. The molecule has 5 heteroatoms. The fraction of sp³-hybridized carbons (Fsp3) is 0.375. The number of rotatable bonds is 6. The first-order valence-electron chi connectivity index (χ1n) is 7.14. The van der Waals surface area contributed by atoms with Crippen LogP contribution in [0.25, 0.3) is 0 Å². The highest BCUT2D eigenvalue weighted by Crippen LogP contribution is 2.25. The molecule has 0 aliphatic rings. The summed E-state index contributed by atoms with van der Waals surface area (Å²) in [5, 5.41) is 5.25. The van der Waals surface area contributed by atoms with Crippen LogP contribution in [0, 0.1) is 0 Å². The van der Waals surface area contributed by atoms with E-state index in [1.807, 2.05) is 31.5 Å². The molecule has 0 aromatic carbocycles. The van der Waals surface area contributed by atoms with E-state index in [9.17, 15) is 4.79 Å². The second-order valence-electron chi connectivity index (χ2n) is 4.93. The summed E-state index contributed by atoms with van der Waals surface area (Å²) in [6, 6.07) is 7.74. The van der Waals surface area contributed by atoms with Gasteiger partial charge in [-0.25, -0.2) is 4.98 Å². The molecule has 0 saturated carbocycles. The molecule has 2 rings (SSSR count). The van der Waals surface area contributed by atoms with Gasteiger partial charge in [-0.3, -0.25) is 4.79 Å². The maximum absolute atomic E-state index is 12.7. The number of carbonyl (C=O) groups excluding carboxylic acids is 1. The molecule has 0 saturated heterocycles. The molecule has 4 nitrogen and oxygen atoms in total. The lowest BCUT2D eigenvalue weighted by Crippen LogP contribution is -2.30. The first kappa shape index (κ1) is 15.5. The van der Waals surface area contributed by atoms with Crippen molar-refractivity contribution in [1.29, 1.82) is 0 Å². The average Bonchev–Trinajstić information content (AvgIpc) is 3.05. The van der Waals surface area contributed by atoms with Crippen LogP contribution >= 0.6 is 11.3 Å². The molecule has 0 aliphatic carbocycles. The summed E-state index contributed by atoms with van der Waals surface area (Å²) in [5.74, 6) is 0.650. The maximum atomic E-state index is 12.7. The van der Waals surface area contributed by atoms with Crippen molar-refractivity contribution in [3.8, 4) is 0 Å². The molecule has 0 radical (unpaired) electrons. The Morgan fingerprint density at radius 3 is 2.90 bits per heavy atom. The van der Waals surface area contributed by atoms with Crippen LogP contribution in [-0.2, 0) is 0 Å². The van der Waals surface area contributed by atoms with E-state index < -0.39 is 0 Å². The Labute approximate surface area is 129 Å². The third-order valence-corrected chi connectivity index (χ3v) is 4.48. The second-order valence-corrected chi connectivity index (χ2v) is 5.91. The number of amides is 1. The summed E-state index contributed by atoms with van der Waals surface area (Å²) >= 11 is 1.66. The lowest BCUT2D eigenvalue weighted by molar-refractivity contribution is 0.0745. The molecule has 21 heavy (non-hydrogen) atoms. The zero-order valence-electron chi connectivity index (χ0n) is 12.7. The normalized spacial score (nSPS) is 12.0. The van der Waals surface area contributed by atoms with Crippen LogP contribution in [0.15, 0.2) is 35.8 Å². The van der Waals surface area contributed by atoms with E-state index in [2.05, 4.69) is 23.3 Å². The Kier molecular flexibility index (Phi) is 5.33. The summed E-state index contributed by atoms with van der Waals surface area (Å²) in [6.07, 6.45) is 2.70. The highest BCUT2D eigenvalue weighted by atomic mass is 32.1. The van der Waals surface area contributed by atoms with Gasteiger partial charge in [0.1, 0.15) is 5.82 Å². The molecule has 1 atom stereocenters. The summed E-state index contributed by atoms with van der Waals surface area (Å²) in [5.41, 5.74) is 0.622. The fourth-order valence-electron chi connectivity index (χ4n) is 2.05. The van der Waals surface area contributed by atoms with Crippen molar-refractivity contribution < 1.29 is 4.79 Å². The molecule has 2 heterocycles. The lowest BCUT2D eigenvalue weighted by atomic mass is 10.1. The van der Waals surface area contributed by atoms with Crippen molar-refractivity contribution in [1.82, 2.24) is 9.88 Å². The van der Waals surface area contributed by atoms with Crippen LogP contribution in [0.3, 0.4) is 0 Å². The van der Waals surface area contributed by atoms with E-state index >= 15 is 0 Å². The van der Waals surface area contributed by atoms with Crippen LogP contribution in [0.1, 0.15) is 41.5 Å². The molecule has 2 aromatic heterocycles. The van der Waals surface area contributed by atoms with Gasteiger partial charge >= 0.3 is 0 Å². The third-order valence-electron chi connectivity index (χ3n) is 3.44. The number of hydrogen-bond donors (Lipinski definition) is 1. The molecule has 112 valence electrons. The predicted octanol–water partition coefficient (Wildman–Crippen LogP) is 3.80. The molecular weight excluding hydrogens is 282 g/mol. The van der Waals surface area contributed by atoms with Crippen LogP contribution in [-0.4, -0.2) is 29.4 Å². The Bertz CT molecular complexity index is 583. The number of carbonyl (C=O) groups is 1. The Hall–Kier alpha value is -1.88. The summed E-state index contributed by atoms with van der Waals surface area (Å²) < 4.78 is 0. The van der Waals surface area contributed by atoms with Gasteiger partial charge < -0.3 is 10.2 Å². The van der Waals surface area contributed by atoms with Crippen molar-refractivity contribution in [2.75, 3.05) is 18.9 Å². The topological polar surface area (TPSA) is 45.2 Å². The maximum Gasteiger partial charge on any atom is 0.257 e. The molecule has 0 spiro atoms. The molecule has 1 amide bonds. The monoisotopic (exact) mass is 303 g/mol. The quantitative estimate of drug-likeness (QED) is 0.883. The smallest absolute Gasteiger partial charge is 0.257 e. The average molecular weight is 303 g/mol. The van der Waals surface area contributed by atoms with Gasteiger partial charge in [-0.05, 0) is 36.9 Å². The number of nitrogens with one attached hydrogen (secondary N) is 1. The van der Waals surface area contributed by atoms with Crippen molar-refractivity contribution in [2.45, 2.75) is 26.3 Å². The predicted molar refractivity (Wildman–Crippen MR) is 87.8 cm³/mol. The van der Waals surface area contributed by atoms with Gasteiger partial charge in [0.15, 0.2) is 0 Å². The number of pyridine rings is 1. The van der Waals surface area contributed by atoms with Gasteiger partial charge in [-0.15, -0.1) is 11.3 Å². The standard InChI is InChI=1S/C16H21N3OS/c1-4-9-17-15-13(7-5-10-18-15)16(20)19(3)12(2)14-8-6-11-21-14/h5-8,10-12H,4,9H2,1-3H3,(H,17,18). The molecule has 2 aromatic rings. The van der Waals surface area contributed by atoms with E-state index in [-0.39, 0.29) is 11.9 Å². The number of aromatic nitrogens is 1. The van der Waals surface area contributed by atoms with Gasteiger partial charge in [0, 0.05) is 24.7 Å². The number of thiophene rings is 1. The highest BCUT2D eigenvalue weighted by molar-refractivity contribution is 7.10. The summed E-state index contributed by atoms with van der Waals surface area (Å²) in [7, 11) is 1.84. The lowest BCUT2D eigenvalue weighted by Gasteiger charge is -2.25. The molecule has 0 aliphatic heterocycles. The van der Waals surface area contributed by atoms with Gasteiger partial charge in [-0.1, -0.05) is 13.0 Å². The number of nitrogens with zero attached hydrogens (tertiary/aromatic N) is 2. The summed E-state index contributed by atoms with van der Waals surface area (Å²) in [6.45, 7) is 4.93. The van der Waals surface area contributed by atoms with Crippen LogP contribution < -0.4 is 5.32 Å². The summed E-state index contributed by atoms with van der Waals surface area (Å²) in [4.78, 5) is 19.9. The molecule has 0 fully saturated rings. The highest BCUT2D eigenvalue weighted by Gasteiger charge is 2.22. The van der Waals surface area contributed by atoms with Crippen LogP contribution in [0.5, 0.6) is 0 Å². The van der Waals surface area contributed by atoms with Crippen LogP contribution in [0.2, 0.25) is 0 Å². The van der Waals surface area contributed by atoms with Crippen molar-refractivity contribution in [2.24, 2.45) is 0 Å².